The van der Waals surface area contributed by atoms with Crippen molar-refractivity contribution < 1.29 is 38.7 Å². The van der Waals surface area contributed by atoms with E-state index >= 15 is 0 Å². The van der Waals surface area contributed by atoms with Crippen molar-refractivity contribution in [3.8, 4) is 0 Å². The summed E-state index contributed by atoms with van der Waals surface area (Å²) < 4.78 is 1.58. The molecule has 14 nitrogen and oxygen atoms in total. The Morgan fingerprint density at radius 1 is 1.02 bits per heavy atom. The number of amides is 5. The zero-order valence-electron chi connectivity index (χ0n) is 31.4. The van der Waals surface area contributed by atoms with Gasteiger partial charge in [-0.05, 0) is 36.8 Å². The van der Waals surface area contributed by atoms with Gasteiger partial charge in [-0.15, -0.1) is 0 Å². The molecule has 4 atom stereocenters. The van der Waals surface area contributed by atoms with E-state index in [0.29, 0.717) is 67.6 Å². The van der Waals surface area contributed by atoms with Gasteiger partial charge in [0.2, 0.25) is 30.0 Å². The Labute approximate surface area is 316 Å². The Morgan fingerprint density at radius 2 is 1.70 bits per heavy atom. The van der Waals surface area contributed by atoms with Gasteiger partial charge in [0.15, 0.2) is 0 Å². The van der Waals surface area contributed by atoms with Crippen LogP contribution in [0.1, 0.15) is 77.2 Å². The van der Waals surface area contributed by atoms with E-state index in [1.807, 2.05) is 26.0 Å². The second-order valence-corrected chi connectivity index (χ2v) is 15.3. The average molecular weight is 757 g/mol. The predicted octanol–water partition coefficient (Wildman–Crippen LogP) is 2.75. The number of nitrogens with one attached hydrogen (secondary N) is 3. The number of para-hydroxylation sites is 1. The van der Waals surface area contributed by atoms with E-state index in [-0.39, 0.29) is 24.8 Å². The number of benzene rings is 1. The van der Waals surface area contributed by atoms with Gasteiger partial charge in [-0.2, -0.15) is 11.8 Å². The van der Waals surface area contributed by atoms with Gasteiger partial charge in [-0.25, -0.2) is 0 Å². The Kier molecular flexibility index (Phi) is 17.8. The molecular formula is C38H56N6O8S. The van der Waals surface area contributed by atoms with Crippen molar-refractivity contribution in [2.45, 2.75) is 109 Å². The SMILES string of the molecule is CC(C)CC(NC(=O)C1CCCCCCCCC(NC(=O)C(Cc2cn(CC(=O)O)c3ccccc23)NC=O)C(=O)N1C)C(=O)N(C)CCSCC=O. The summed E-state index contributed by atoms with van der Waals surface area (Å²) in [5.74, 6) is -1.72. The standard InChI is InChI=1S/C38H56N6O8S/c1-26(2)21-31(37(51)42(3)17-19-53-20-18-45)41-36(50)33-16-10-8-6-5-7-9-14-29(38(52)43(33)4)40-35(49)30(39-25-46)22-27-23-44(24-34(47)48)32-15-12-11-13-28(27)32/h11-13,15,18,23,25-26,29-31,33H,5-10,14,16-17,19-22,24H2,1-4H3,(H,39,46)(H,40,49)(H,41,50)(H,47,48). The number of carboxylic acids is 1. The lowest BCUT2D eigenvalue weighted by Gasteiger charge is -2.33. The fraction of sp³-hybridized carbons (Fsp3) is 0.605. The van der Waals surface area contributed by atoms with E-state index in [0.717, 1.165) is 37.4 Å². The van der Waals surface area contributed by atoms with Crippen LogP contribution in [0, 0.1) is 5.92 Å². The molecule has 1 aromatic carbocycles. The molecule has 0 aliphatic carbocycles. The molecule has 1 aliphatic rings. The van der Waals surface area contributed by atoms with Gasteiger partial charge >= 0.3 is 5.97 Å². The molecule has 0 bridgehead atoms. The molecule has 1 aliphatic heterocycles. The number of nitrogens with zero attached hydrogens (tertiary/aromatic N) is 3. The van der Waals surface area contributed by atoms with Crippen LogP contribution in [0.3, 0.4) is 0 Å². The maximum Gasteiger partial charge on any atom is 0.323 e. The van der Waals surface area contributed by atoms with Crippen molar-refractivity contribution in [2.24, 2.45) is 5.92 Å². The second-order valence-electron chi connectivity index (χ2n) is 14.2. The number of fused-ring (bicyclic) bond motifs is 1. The molecule has 292 valence electrons. The number of aliphatic carboxylic acids is 1. The quantitative estimate of drug-likeness (QED) is 0.131. The summed E-state index contributed by atoms with van der Waals surface area (Å²) in [5.41, 5.74) is 1.33. The average Bonchev–Trinajstić information content (AvgIpc) is 3.45. The van der Waals surface area contributed by atoms with Gasteiger partial charge < -0.3 is 40.2 Å². The van der Waals surface area contributed by atoms with E-state index in [9.17, 15) is 38.7 Å². The zero-order valence-corrected chi connectivity index (χ0v) is 32.2. The molecule has 2 aromatic rings. The number of likely N-dealkylation sites (N-methyl/N-ethyl adjacent to an activating group) is 2. The molecule has 4 unspecified atom stereocenters. The predicted molar refractivity (Wildman–Crippen MR) is 204 cm³/mol. The van der Waals surface area contributed by atoms with Crippen molar-refractivity contribution in [2.75, 3.05) is 32.1 Å². The minimum absolute atomic E-state index is 0.0506. The number of thioether (sulfide) groups is 1. The third-order valence-corrected chi connectivity index (χ3v) is 10.4. The van der Waals surface area contributed by atoms with Crippen LogP contribution in [0.25, 0.3) is 10.9 Å². The Balaban J connectivity index is 1.82. The van der Waals surface area contributed by atoms with Crippen LogP contribution in [0.4, 0.5) is 0 Å². The van der Waals surface area contributed by atoms with Crippen LogP contribution in [-0.2, 0) is 46.5 Å². The fourth-order valence-corrected chi connectivity index (χ4v) is 7.45. The lowest BCUT2D eigenvalue weighted by Crippen LogP contribution is -2.58. The maximum atomic E-state index is 14.2. The first-order chi connectivity index (χ1) is 25.4. The molecule has 4 N–H and O–H groups in total. The van der Waals surface area contributed by atoms with Gasteiger partial charge in [0.05, 0.1) is 0 Å². The van der Waals surface area contributed by atoms with Gasteiger partial charge in [0, 0.05) is 55.7 Å². The molecule has 5 amide bonds. The largest absolute Gasteiger partial charge is 0.480 e. The summed E-state index contributed by atoms with van der Waals surface area (Å²) in [6.45, 7) is 4.06. The first kappa shape index (κ1) is 43.0. The molecule has 3 rings (SSSR count). The fourth-order valence-electron chi connectivity index (χ4n) is 6.78. The Hall–Kier alpha value is -4.40. The highest BCUT2D eigenvalue weighted by Gasteiger charge is 2.35. The van der Waals surface area contributed by atoms with E-state index < -0.39 is 47.9 Å². The third-order valence-electron chi connectivity index (χ3n) is 9.59. The van der Waals surface area contributed by atoms with Gasteiger partial charge in [-0.1, -0.05) is 70.6 Å². The minimum atomic E-state index is -1.06. The molecule has 15 heteroatoms. The van der Waals surface area contributed by atoms with Crippen LogP contribution in [-0.4, -0.2) is 118 Å². The molecule has 1 aromatic heterocycles. The number of rotatable bonds is 18. The molecule has 0 spiro atoms. The number of carboxylic acid groups (broad SMARTS) is 1. The number of aldehydes is 1. The lowest BCUT2D eigenvalue weighted by molar-refractivity contribution is -0.144. The van der Waals surface area contributed by atoms with E-state index in [1.165, 1.54) is 16.7 Å². The highest BCUT2D eigenvalue weighted by atomic mass is 32.2. The first-order valence-electron chi connectivity index (χ1n) is 18.5. The van der Waals surface area contributed by atoms with Crippen LogP contribution in [0.15, 0.2) is 30.5 Å². The number of hydrogen-bond donors (Lipinski definition) is 4. The van der Waals surface area contributed by atoms with Gasteiger partial charge in [0.1, 0.15) is 37.0 Å². The van der Waals surface area contributed by atoms with E-state index in [1.54, 1.807) is 41.9 Å². The Morgan fingerprint density at radius 3 is 2.36 bits per heavy atom. The summed E-state index contributed by atoms with van der Waals surface area (Å²) >= 11 is 1.42. The summed E-state index contributed by atoms with van der Waals surface area (Å²) in [5, 5.41) is 18.5. The van der Waals surface area contributed by atoms with Crippen LogP contribution >= 0.6 is 11.8 Å². The molecule has 2 heterocycles. The molecule has 1 fully saturated rings. The van der Waals surface area contributed by atoms with Crippen molar-refractivity contribution in [1.82, 2.24) is 30.3 Å². The molecule has 0 radical (unpaired) electrons. The van der Waals surface area contributed by atoms with E-state index in [2.05, 4.69) is 16.0 Å². The third kappa shape index (κ3) is 13.2. The zero-order chi connectivity index (χ0) is 38.9. The summed E-state index contributed by atoms with van der Waals surface area (Å²) in [7, 11) is 3.22. The Bertz CT molecular complexity index is 1560. The number of aromatic nitrogens is 1. The van der Waals surface area contributed by atoms with Crippen LogP contribution in [0.5, 0.6) is 0 Å². The van der Waals surface area contributed by atoms with Crippen LogP contribution < -0.4 is 16.0 Å². The normalized spacial score (nSPS) is 18.3. The first-order valence-corrected chi connectivity index (χ1v) is 19.6. The monoisotopic (exact) mass is 756 g/mol. The number of carbonyl (C=O) groups is 7. The van der Waals surface area contributed by atoms with Crippen molar-refractivity contribution in [1.29, 1.82) is 0 Å². The molecular weight excluding hydrogens is 701 g/mol. The smallest absolute Gasteiger partial charge is 0.323 e. The molecule has 0 saturated carbocycles. The number of hydrogen-bond acceptors (Lipinski definition) is 8. The summed E-state index contributed by atoms with van der Waals surface area (Å²) in [6.07, 6.45) is 9.09. The molecule has 53 heavy (non-hydrogen) atoms. The van der Waals surface area contributed by atoms with Crippen molar-refractivity contribution >= 4 is 65.0 Å². The molecule has 1 saturated heterocycles. The van der Waals surface area contributed by atoms with Gasteiger partial charge in [-0.3, -0.25) is 28.8 Å². The summed E-state index contributed by atoms with van der Waals surface area (Å²) in [4.78, 5) is 92.3. The maximum absolute atomic E-state index is 14.2. The highest BCUT2D eigenvalue weighted by molar-refractivity contribution is 7.99. The highest BCUT2D eigenvalue weighted by Crippen LogP contribution is 2.23. The van der Waals surface area contributed by atoms with Gasteiger partial charge in [0.25, 0.3) is 0 Å². The second kappa shape index (κ2) is 22.0. The van der Waals surface area contributed by atoms with Crippen molar-refractivity contribution in [3.63, 3.8) is 0 Å². The van der Waals surface area contributed by atoms with Crippen molar-refractivity contribution in [3.05, 3.63) is 36.0 Å². The number of carbonyl (C=O) groups excluding carboxylic acids is 6. The summed E-state index contributed by atoms with van der Waals surface area (Å²) in [6, 6.07) is 3.47. The minimum Gasteiger partial charge on any atom is -0.480 e. The van der Waals surface area contributed by atoms with Crippen LogP contribution in [0.2, 0.25) is 0 Å². The topological polar surface area (TPSA) is 187 Å². The van der Waals surface area contributed by atoms with E-state index in [4.69, 9.17) is 0 Å². The lowest BCUT2D eigenvalue weighted by atomic mass is 9.98.